The van der Waals surface area contributed by atoms with Crippen LogP contribution in [0, 0.1) is 23.4 Å². The van der Waals surface area contributed by atoms with E-state index in [-0.39, 0.29) is 28.5 Å². The number of aliphatic imine (C=N–C) groups is 1. The van der Waals surface area contributed by atoms with Crippen LogP contribution in [0.25, 0.3) is 11.4 Å². The Hall–Kier alpha value is -3.30. The molecule has 178 valence electrons. The van der Waals surface area contributed by atoms with Gasteiger partial charge in [-0.25, -0.2) is 23.1 Å². The summed E-state index contributed by atoms with van der Waals surface area (Å²) in [4.78, 5) is 8.75. The van der Waals surface area contributed by atoms with Crippen LogP contribution >= 0.6 is 11.6 Å². The molecular weight excluding hydrogens is 465 g/mol. The third-order valence-electron chi connectivity index (χ3n) is 5.67. The van der Waals surface area contributed by atoms with Crippen LogP contribution in [0.1, 0.15) is 17.7 Å². The van der Waals surface area contributed by atoms with Crippen molar-refractivity contribution in [1.29, 1.82) is 0 Å². The van der Waals surface area contributed by atoms with Crippen LogP contribution in [0.15, 0.2) is 53.8 Å². The summed E-state index contributed by atoms with van der Waals surface area (Å²) in [6, 6.07) is 7.78. The minimum absolute atomic E-state index is 0.0664. The van der Waals surface area contributed by atoms with E-state index >= 15 is 0 Å². The SMILES string of the molecule is C=C(N=Cc1nc(-c2c(F)cccc2Cl)n(C[C@@H]2CCNC2)c1N)NCc1ccc(F)cc1F. The number of hydrogen-bond donors (Lipinski definition) is 3. The van der Waals surface area contributed by atoms with E-state index < -0.39 is 17.5 Å². The van der Waals surface area contributed by atoms with Gasteiger partial charge in [0.25, 0.3) is 0 Å². The summed E-state index contributed by atoms with van der Waals surface area (Å²) in [6.07, 6.45) is 2.37. The average molecular weight is 489 g/mol. The van der Waals surface area contributed by atoms with Gasteiger partial charge in [-0.2, -0.15) is 0 Å². The molecule has 0 aliphatic carbocycles. The van der Waals surface area contributed by atoms with Crippen molar-refractivity contribution in [3.63, 3.8) is 0 Å². The maximum Gasteiger partial charge on any atom is 0.146 e. The van der Waals surface area contributed by atoms with Gasteiger partial charge in [-0.1, -0.05) is 30.3 Å². The van der Waals surface area contributed by atoms with E-state index in [0.717, 1.165) is 25.6 Å². The highest BCUT2D eigenvalue weighted by molar-refractivity contribution is 6.33. The summed E-state index contributed by atoms with van der Waals surface area (Å²) < 4.78 is 43.4. The summed E-state index contributed by atoms with van der Waals surface area (Å²) in [5.74, 6) is -0.637. The molecule has 2 heterocycles. The number of nitrogens with two attached hydrogens (primary N) is 1. The molecule has 4 rings (SSSR count). The molecule has 4 N–H and O–H groups in total. The molecule has 0 radical (unpaired) electrons. The molecule has 1 aliphatic heterocycles. The first-order valence-corrected chi connectivity index (χ1v) is 11.1. The van der Waals surface area contributed by atoms with Gasteiger partial charge in [0.2, 0.25) is 0 Å². The van der Waals surface area contributed by atoms with Gasteiger partial charge >= 0.3 is 0 Å². The molecule has 0 unspecified atom stereocenters. The Morgan fingerprint density at radius 2 is 2.12 bits per heavy atom. The van der Waals surface area contributed by atoms with Crippen molar-refractivity contribution in [2.45, 2.75) is 19.5 Å². The molecule has 1 aliphatic rings. The fourth-order valence-corrected chi connectivity index (χ4v) is 4.09. The van der Waals surface area contributed by atoms with Gasteiger partial charge in [-0.3, -0.25) is 0 Å². The number of halogens is 4. The lowest BCUT2D eigenvalue weighted by atomic mass is 10.1. The fourth-order valence-electron chi connectivity index (χ4n) is 3.84. The number of aromatic nitrogens is 2. The highest BCUT2D eigenvalue weighted by Crippen LogP contribution is 2.33. The van der Waals surface area contributed by atoms with E-state index in [2.05, 4.69) is 27.2 Å². The number of hydrogen-bond acceptors (Lipinski definition) is 5. The zero-order valence-corrected chi connectivity index (χ0v) is 19.0. The Labute approximate surface area is 200 Å². The molecule has 0 saturated carbocycles. The topological polar surface area (TPSA) is 80.3 Å². The first kappa shape index (κ1) is 23.8. The van der Waals surface area contributed by atoms with E-state index in [9.17, 15) is 13.2 Å². The van der Waals surface area contributed by atoms with Gasteiger partial charge in [0.15, 0.2) is 0 Å². The Morgan fingerprint density at radius 1 is 1.29 bits per heavy atom. The predicted octanol–water partition coefficient (Wildman–Crippen LogP) is 4.49. The smallest absolute Gasteiger partial charge is 0.146 e. The number of nitrogens with one attached hydrogen (secondary N) is 2. The molecule has 10 heteroatoms. The van der Waals surface area contributed by atoms with Crippen LogP contribution < -0.4 is 16.4 Å². The number of nitrogen functional groups attached to an aromatic ring is 1. The summed E-state index contributed by atoms with van der Waals surface area (Å²) >= 11 is 6.31. The molecular formula is C24H24ClF3N6. The van der Waals surface area contributed by atoms with Crippen molar-refractivity contribution < 1.29 is 13.2 Å². The summed E-state index contributed by atoms with van der Waals surface area (Å²) in [7, 11) is 0. The highest BCUT2D eigenvalue weighted by atomic mass is 35.5. The van der Waals surface area contributed by atoms with E-state index in [0.29, 0.717) is 29.8 Å². The largest absolute Gasteiger partial charge is 0.383 e. The monoisotopic (exact) mass is 488 g/mol. The van der Waals surface area contributed by atoms with Gasteiger partial charge in [0.1, 0.15) is 40.6 Å². The lowest BCUT2D eigenvalue weighted by molar-refractivity contribution is 0.487. The zero-order chi connectivity index (χ0) is 24.2. The van der Waals surface area contributed by atoms with Crippen LogP contribution in [0.5, 0.6) is 0 Å². The number of anilines is 1. The number of rotatable bonds is 8. The van der Waals surface area contributed by atoms with Gasteiger partial charge in [-0.05, 0) is 43.6 Å². The molecule has 34 heavy (non-hydrogen) atoms. The minimum atomic E-state index is -0.667. The third-order valence-corrected chi connectivity index (χ3v) is 5.98. The molecule has 1 atom stereocenters. The second kappa shape index (κ2) is 10.3. The van der Waals surface area contributed by atoms with Crippen molar-refractivity contribution >= 4 is 23.6 Å². The summed E-state index contributed by atoms with van der Waals surface area (Å²) in [6.45, 7) is 6.13. The van der Waals surface area contributed by atoms with Crippen molar-refractivity contribution in [1.82, 2.24) is 20.2 Å². The van der Waals surface area contributed by atoms with Crippen LogP contribution in [0.2, 0.25) is 5.02 Å². The molecule has 6 nitrogen and oxygen atoms in total. The molecule has 1 fully saturated rings. The Morgan fingerprint density at radius 3 is 2.82 bits per heavy atom. The molecule has 0 bridgehead atoms. The first-order chi connectivity index (χ1) is 16.3. The van der Waals surface area contributed by atoms with E-state index in [1.165, 1.54) is 30.5 Å². The number of imidazole rings is 1. The lowest BCUT2D eigenvalue weighted by Crippen LogP contribution is -2.17. The first-order valence-electron chi connectivity index (χ1n) is 10.8. The summed E-state index contributed by atoms with van der Waals surface area (Å²) in [5.41, 5.74) is 7.16. The average Bonchev–Trinajstić information content (AvgIpc) is 3.41. The fraction of sp³-hybridized carbons (Fsp3) is 0.250. The van der Waals surface area contributed by atoms with Crippen molar-refractivity contribution in [2.75, 3.05) is 18.8 Å². The van der Waals surface area contributed by atoms with Crippen LogP contribution in [0.4, 0.5) is 19.0 Å². The quantitative estimate of drug-likeness (QED) is 0.408. The van der Waals surface area contributed by atoms with Crippen LogP contribution in [-0.4, -0.2) is 28.9 Å². The van der Waals surface area contributed by atoms with E-state index in [1.54, 1.807) is 10.6 Å². The maximum absolute atomic E-state index is 14.7. The minimum Gasteiger partial charge on any atom is -0.383 e. The standard InChI is InChI=1S/C24H24ClF3N6/c1-14(31-11-16-5-6-17(26)9-20(16)28)32-12-21-23(29)34(13-15-7-8-30-10-15)24(33-21)22-18(25)3-2-4-19(22)27/h2-6,9,12,15,30-31H,1,7-8,10-11,13,29H2/t15-/m1/s1. The molecule has 0 spiro atoms. The number of benzene rings is 2. The van der Waals surface area contributed by atoms with E-state index in [1.807, 2.05) is 0 Å². The zero-order valence-electron chi connectivity index (χ0n) is 18.3. The molecule has 1 aromatic heterocycles. The molecule has 2 aromatic carbocycles. The maximum atomic E-state index is 14.7. The van der Waals surface area contributed by atoms with E-state index in [4.69, 9.17) is 17.3 Å². The van der Waals surface area contributed by atoms with Crippen LogP contribution in [0.3, 0.4) is 0 Å². The van der Waals surface area contributed by atoms with Crippen molar-refractivity contribution in [2.24, 2.45) is 10.9 Å². The lowest BCUT2D eigenvalue weighted by Gasteiger charge is -2.15. The second-order valence-electron chi connectivity index (χ2n) is 8.07. The van der Waals surface area contributed by atoms with Gasteiger partial charge < -0.3 is 20.9 Å². The van der Waals surface area contributed by atoms with Crippen molar-refractivity contribution in [3.05, 3.63) is 82.5 Å². The summed E-state index contributed by atoms with van der Waals surface area (Å²) in [5, 5.41) is 6.39. The van der Waals surface area contributed by atoms with Gasteiger partial charge in [-0.15, -0.1) is 0 Å². The predicted molar refractivity (Wildman–Crippen MR) is 128 cm³/mol. The normalized spacial score (nSPS) is 15.8. The Bertz CT molecular complexity index is 1210. The second-order valence-corrected chi connectivity index (χ2v) is 8.47. The highest BCUT2D eigenvalue weighted by Gasteiger charge is 2.24. The Kier molecular flexibility index (Phi) is 7.23. The molecule has 0 amide bonds. The Balaban J connectivity index is 1.58. The third kappa shape index (κ3) is 5.26. The van der Waals surface area contributed by atoms with Gasteiger partial charge in [0, 0.05) is 24.7 Å². The van der Waals surface area contributed by atoms with Gasteiger partial charge in [0.05, 0.1) is 16.8 Å². The number of nitrogens with zero attached hydrogens (tertiary/aromatic N) is 3. The molecule has 1 saturated heterocycles. The van der Waals surface area contributed by atoms with Crippen LogP contribution in [-0.2, 0) is 13.1 Å². The molecule has 3 aromatic rings. The van der Waals surface area contributed by atoms with Crippen molar-refractivity contribution in [3.8, 4) is 11.4 Å².